The highest BCUT2D eigenvalue weighted by atomic mass is 16.1. The summed E-state index contributed by atoms with van der Waals surface area (Å²) in [5.41, 5.74) is 1.37. The van der Waals surface area contributed by atoms with E-state index < -0.39 is 0 Å². The number of carbonyl (C=O) groups excluding carboxylic acids is 1. The van der Waals surface area contributed by atoms with E-state index in [2.05, 4.69) is 39.0 Å². The van der Waals surface area contributed by atoms with E-state index in [9.17, 15) is 4.79 Å². The number of amides is 1. The molecule has 1 amide bonds. The first-order valence-electron chi connectivity index (χ1n) is 7.95. The van der Waals surface area contributed by atoms with Crippen LogP contribution in [0.15, 0.2) is 36.8 Å². The normalized spacial score (nSPS) is 18.3. The number of anilines is 1. The first-order chi connectivity index (χ1) is 11.1. The predicted molar refractivity (Wildman–Crippen MR) is 88.0 cm³/mol. The minimum absolute atomic E-state index is 0.263. The van der Waals surface area contributed by atoms with Crippen LogP contribution in [0.5, 0.6) is 0 Å². The fourth-order valence-electron chi connectivity index (χ4n) is 3.03. The summed E-state index contributed by atoms with van der Waals surface area (Å²) in [7, 11) is 0. The van der Waals surface area contributed by atoms with Gasteiger partial charge >= 0.3 is 0 Å². The Kier molecular flexibility index (Phi) is 4.62. The lowest BCUT2D eigenvalue weighted by Crippen LogP contribution is -2.31. The summed E-state index contributed by atoms with van der Waals surface area (Å²) in [4.78, 5) is 27.3. The van der Waals surface area contributed by atoms with Crippen LogP contribution < -0.4 is 5.32 Å². The molecule has 120 valence electrons. The van der Waals surface area contributed by atoms with Crippen molar-refractivity contribution < 1.29 is 4.79 Å². The summed E-state index contributed by atoms with van der Waals surface area (Å²) < 4.78 is 0. The zero-order valence-corrected chi connectivity index (χ0v) is 13.4. The Balaban J connectivity index is 1.78. The maximum atomic E-state index is 12.3. The Hall–Kier alpha value is -2.34. The fourth-order valence-corrected chi connectivity index (χ4v) is 3.03. The summed E-state index contributed by atoms with van der Waals surface area (Å²) in [6.07, 6.45) is 6.87. The highest BCUT2D eigenvalue weighted by Crippen LogP contribution is 2.32. The smallest absolute Gasteiger partial charge is 0.275 e. The van der Waals surface area contributed by atoms with Crippen LogP contribution in [0.3, 0.4) is 0 Å². The van der Waals surface area contributed by atoms with Gasteiger partial charge in [0.25, 0.3) is 5.91 Å². The van der Waals surface area contributed by atoms with Crippen molar-refractivity contribution >= 4 is 11.7 Å². The molecule has 1 aliphatic heterocycles. The van der Waals surface area contributed by atoms with Gasteiger partial charge in [-0.25, -0.2) is 9.97 Å². The number of nitrogens with zero attached hydrogens (tertiary/aromatic N) is 4. The molecule has 2 aromatic rings. The van der Waals surface area contributed by atoms with E-state index in [0.29, 0.717) is 23.6 Å². The first kappa shape index (κ1) is 15.6. The minimum atomic E-state index is -0.263. The summed E-state index contributed by atoms with van der Waals surface area (Å²) in [6.45, 7) is 5.48. The number of likely N-dealkylation sites (tertiary alicyclic amines) is 1. The van der Waals surface area contributed by atoms with E-state index in [4.69, 9.17) is 0 Å². The molecule has 6 heteroatoms. The van der Waals surface area contributed by atoms with Gasteiger partial charge in [-0.15, -0.1) is 0 Å². The number of rotatable bonds is 4. The van der Waals surface area contributed by atoms with E-state index >= 15 is 0 Å². The van der Waals surface area contributed by atoms with Gasteiger partial charge in [-0.2, -0.15) is 0 Å². The Morgan fingerprint density at radius 2 is 2.22 bits per heavy atom. The Morgan fingerprint density at radius 1 is 1.35 bits per heavy atom. The lowest BCUT2D eigenvalue weighted by Gasteiger charge is -2.28. The second kappa shape index (κ2) is 6.83. The van der Waals surface area contributed by atoms with Gasteiger partial charge in [0.2, 0.25) is 0 Å². The molecule has 0 spiro atoms. The molecular formula is C17H21N5O. The molecule has 0 aromatic carbocycles. The fraction of sp³-hybridized carbons (Fsp3) is 0.412. The van der Waals surface area contributed by atoms with Gasteiger partial charge in [-0.1, -0.05) is 6.07 Å². The third-order valence-corrected chi connectivity index (χ3v) is 4.11. The molecule has 0 aliphatic carbocycles. The molecule has 0 radical (unpaired) electrons. The quantitative estimate of drug-likeness (QED) is 0.940. The van der Waals surface area contributed by atoms with Crippen molar-refractivity contribution in [2.75, 3.05) is 11.9 Å². The van der Waals surface area contributed by atoms with Gasteiger partial charge in [-0.3, -0.25) is 14.7 Å². The zero-order valence-electron chi connectivity index (χ0n) is 13.4. The van der Waals surface area contributed by atoms with E-state index in [1.807, 2.05) is 12.1 Å². The second-order valence-corrected chi connectivity index (χ2v) is 5.98. The standard InChI is InChI=1S/C17H21N5O/c1-12(2)22-10-4-7-15(22)13-5-3-6-14(20-13)17(23)21-16-11-18-8-9-19-16/h3,5-6,8-9,11-12,15H,4,7,10H2,1-2H3,(H,19,21,23). The van der Waals surface area contributed by atoms with Gasteiger partial charge in [0.05, 0.1) is 17.9 Å². The minimum Gasteiger partial charge on any atom is -0.304 e. The molecule has 6 nitrogen and oxygen atoms in total. The monoisotopic (exact) mass is 311 g/mol. The molecule has 1 aliphatic rings. The zero-order chi connectivity index (χ0) is 16.2. The molecule has 3 rings (SSSR count). The molecule has 1 fully saturated rings. The first-order valence-corrected chi connectivity index (χ1v) is 7.95. The van der Waals surface area contributed by atoms with Crippen molar-refractivity contribution in [2.45, 2.75) is 38.8 Å². The van der Waals surface area contributed by atoms with E-state index in [0.717, 1.165) is 18.7 Å². The molecule has 3 heterocycles. The summed E-state index contributed by atoms with van der Waals surface area (Å²) in [6, 6.07) is 6.39. The van der Waals surface area contributed by atoms with Gasteiger partial charge in [0.15, 0.2) is 5.82 Å². The van der Waals surface area contributed by atoms with E-state index in [1.165, 1.54) is 12.6 Å². The average Bonchev–Trinajstić information content (AvgIpc) is 3.06. The van der Waals surface area contributed by atoms with Crippen LogP contribution in [-0.4, -0.2) is 38.3 Å². The summed E-state index contributed by atoms with van der Waals surface area (Å²) in [5.74, 6) is 0.163. The highest BCUT2D eigenvalue weighted by Gasteiger charge is 2.29. The lowest BCUT2D eigenvalue weighted by molar-refractivity contribution is 0.102. The van der Waals surface area contributed by atoms with Gasteiger partial charge < -0.3 is 5.32 Å². The van der Waals surface area contributed by atoms with Crippen molar-refractivity contribution in [3.8, 4) is 0 Å². The molecule has 1 unspecified atom stereocenters. The van der Waals surface area contributed by atoms with Crippen LogP contribution in [0.1, 0.15) is 48.9 Å². The molecule has 2 aromatic heterocycles. The van der Waals surface area contributed by atoms with E-state index in [1.54, 1.807) is 18.5 Å². The average molecular weight is 311 g/mol. The van der Waals surface area contributed by atoms with Crippen molar-refractivity contribution in [1.29, 1.82) is 0 Å². The van der Waals surface area contributed by atoms with Crippen LogP contribution in [0.4, 0.5) is 5.82 Å². The van der Waals surface area contributed by atoms with Gasteiger partial charge in [0.1, 0.15) is 5.69 Å². The molecular weight excluding hydrogens is 290 g/mol. The van der Waals surface area contributed by atoms with Crippen LogP contribution in [0.25, 0.3) is 0 Å². The number of carbonyl (C=O) groups is 1. The van der Waals surface area contributed by atoms with Crippen LogP contribution in [0.2, 0.25) is 0 Å². The second-order valence-electron chi connectivity index (χ2n) is 5.98. The molecule has 1 saturated heterocycles. The van der Waals surface area contributed by atoms with Crippen LogP contribution >= 0.6 is 0 Å². The Morgan fingerprint density at radius 3 is 2.96 bits per heavy atom. The maximum Gasteiger partial charge on any atom is 0.275 e. The SMILES string of the molecule is CC(C)N1CCCC1c1cccc(C(=O)Nc2cnccn2)n1. The third-order valence-electron chi connectivity index (χ3n) is 4.11. The number of hydrogen-bond donors (Lipinski definition) is 1. The van der Waals surface area contributed by atoms with Crippen molar-refractivity contribution in [2.24, 2.45) is 0 Å². The maximum absolute atomic E-state index is 12.3. The Labute approximate surface area is 136 Å². The number of hydrogen-bond acceptors (Lipinski definition) is 5. The number of pyridine rings is 1. The summed E-state index contributed by atoms with van der Waals surface area (Å²) in [5, 5.41) is 2.72. The van der Waals surface area contributed by atoms with Crippen molar-refractivity contribution in [1.82, 2.24) is 19.9 Å². The molecule has 0 bridgehead atoms. The lowest BCUT2D eigenvalue weighted by atomic mass is 10.1. The van der Waals surface area contributed by atoms with Crippen LogP contribution in [0, 0.1) is 0 Å². The third kappa shape index (κ3) is 3.53. The largest absolute Gasteiger partial charge is 0.304 e. The summed E-state index contributed by atoms with van der Waals surface area (Å²) >= 11 is 0. The number of nitrogens with one attached hydrogen (secondary N) is 1. The number of aromatic nitrogens is 3. The predicted octanol–water partition coefficient (Wildman–Crippen LogP) is 2.67. The van der Waals surface area contributed by atoms with E-state index in [-0.39, 0.29) is 5.91 Å². The molecule has 0 saturated carbocycles. The Bertz CT molecular complexity index is 674. The molecule has 23 heavy (non-hydrogen) atoms. The topological polar surface area (TPSA) is 71.0 Å². The van der Waals surface area contributed by atoms with Crippen LogP contribution in [-0.2, 0) is 0 Å². The van der Waals surface area contributed by atoms with Crippen molar-refractivity contribution in [3.05, 3.63) is 48.2 Å². The van der Waals surface area contributed by atoms with Crippen molar-refractivity contribution in [3.63, 3.8) is 0 Å². The molecule has 1 atom stereocenters. The van der Waals surface area contributed by atoms with Gasteiger partial charge in [-0.05, 0) is 45.4 Å². The molecule has 1 N–H and O–H groups in total. The van der Waals surface area contributed by atoms with Gasteiger partial charge in [0, 0.05) is 18.4 Å². The highest BCUT2D eigenvalue weighted by molar-refractivity contribution is 6.02.